The molecule has 1 aromatic carbocycles. The van der Waals surface area contributed by atoms with Crippen molar-refractivity contribution >= 4 is 10.0 Å². The minimum absolute atomic E-state index is 0.257. The summed E-state index contributed by atoms with van der Waals surface area (Å²) in [4.78, 5) is 0.257. The molecule has 1 aromatic rings. The Balaban J connectivity index is 2.50. The molecule has 0 aliphatic heterocycles. The van der Waals surface area contributed by atoms with E-state index in [1.54, 1.807) is 24.3 Å². The summed E-state index contributed by atoms with van der Waals surface area (Å²) >= 11 is 0. The highest BCUT2D eigenvalue weighted by Gasteiger charge is 2.12. The van der Waals surface area contributed by atoms with Crippen molar-refractivity contribution in [3.63, 3.8) is 0 Å². The molecule has 0 aliphatic carbocycles. The third-order valence-corrected chi connectivity index (χ3v) is 4.32. The lowest BCUT2D eigenvalue weighted by atomic mass is 10.2. The molecule has 0 atom stereocenters. The Labute approximate surface area is 121 Å². The van der Waals surface area contributed by atoms with Crippen molar-refractivity contribution in [1.29, 1.82) is 0 Å². The first kappa shape index (κ1) is 16.9. The number of hydrogen-bond acceptors (Lipinski definition) is 4. The van der Waals surface area contributed by atoms with E-state index in [4.69, 9.17) is 10.5 Å². The van der Waals surface area contributed by atoms with Gasteiger partial charge in [0.1, 0.15) is 12.4 Å². The van der Waals surface area contributed by atoms with E-state index in [0.717, 1.165) is 25.7 Å². The molecule has 114 valence electrons. The van der Waals surface area contributed by atoms with E-state index in [1.807, 2.05) is 0 Å². The Bertz CT molecular complexity index is 472. The summed E-state index contributed by atoms with van der Waals surface area (Å²) in [7, 11) is -3.41. The van der Waals surface area contributed by atoms with Crippen molar-refractivity contribution in [2.24, 2.45) is 5.73 Å². The Morgan fingerprint density at radius 1 is 1.15 bits per heavy atom. The van der Waals surface area contributed by atoms with Crippen molar-refractivity contribution in [2.75, 3.05) is 19.7 Å². The molecule has 20 heavy (non-hydrogen) atoms. The second-order valence-electron chi connectivity index (χ2n) is 4.57. The standard InChI is InChI=1S/C14H24N2O3S/c1-2-3-4-5-11-16-20(17,18)14-8-6-13(7-9-14)19-12-10-15/h6-9,16H,2-5,10-12,15H2,1H3. The summed E-state index contributed by atoms with van der Waals surface area (Å²) in [6.07, 6.45) is 4.18. The summed E-state index contributed by atoms with van der Waals surface area (Å²) < 4.78 is 32.0. The molecule has 0 aliphatic rings. The largest absolute Gasteiger partial charge is 0.492 e. The minimum atomic E-state index is -3.41. The Morgan fingerprint density at radius 2 is 1.85 bits per heavy atom. The molecular weight excluding hydrogens is 276 g/mol. The number of sulfonamides is 1. The Morgan fingerprint density at radius 3 is 2.45 bits per heavy atom. The van der Waals surface area contributed by atoms with Gasteiger partial charge in [-0.05, 0) is 30.7 Å². The SMILES string of the molecule is CCCCCCNS(=O)(=O)c1ccc(OCCN)cc1. The van der Waals surface area contributed by atoms with Gasteiger partial charge in [-0.15, -0.1) is 0 Å². The zero-order valence-corrected chi connectivity index (χ0v) is 12.8. The Kier molecular flexibility index (Phi) is 7.58. The predicted molar refractivity (Wildman–Crippen MR) is 80.3 cm³/mol. The van der Waals surface area contributed by atoms with Gasteiger partial charge >= 0.3 is 0 Å². The molecule has 6 heteroatoms. The van der Waals surface area contributed by atoms with Crippen LogP contribution in [0.2, 0.25) is 0 Å². The molecule has 0 heterocycles. The second kappa shape index (κ2) is 8.94. The van der Waals surface area contributed by atoms with E-state index < -0.39 is 10.0 Å². The van der Waals surface area contributed by atoms with Crippen LogP contribution in [0.1, 0.15) is 32.6 Å². The minimum Gasteiger partial charge on any atom is -0.492 e. The van der Waals surface area contributed by atoms with Crippen molar-refractivity contribution in [2.45, 2.75) is 37.5 Å². The lowest BCUT2D eigenvalue weighted by Crippen LogP contribution is -2.24. The summed E-state index contributed by atoms with van der Waals surface area (Å²) in [5.41, 5.74) is 5.33. The van der Waals surface area contributed by atoms with Gasteiger partial charge in [0.2, 0.25) is 10.0 Å². The average Bonchev–Trinajstić information content (AvgIpc) is 2.45. The number of hydrogen-bond donors (Lipinski definition) is 2. The molecule has 0 amide bonds. The topological polar surface area (TPSA) is 81.4 Å². The molecule has 0 radical (unpaired) electrons. The van der Waals surface area contributed by atoms with Gasteiger partial charge in [0.05, 0.1) is 4.90 Å². The van der Waals surface area contributed by atoms with E-state index in [2.05, 4.69) is 11.6 Å². The highest BCUT2D eigenvalue weighted by molar-refractivity contribution is 7.89. The number of rotatable bonds is 10. The fourth-order valence-corrected chi connectivity index (χ4v) is 2.81. The molecule has 3 N–H and O–H groups in total. The molecule has 0 fully saturated rings. The van der Waals surface area contributed by atoms with E-state index in [-0.39, 0.29) is 4.90 Å². The highest BCUT2D eigenvalue weighted by Crippen LogP contribution is 2.15. The summed E-state index contributed by atoms with van der Waals surface area (Å²) in [6, 6.07) is 6.36. The number of unbranched alkanes of at least 4 members (excludes halogenated alkanes) is 3. The van der Waals surface area contributed by atoms with Crippen LogP contribution in [0.5, 0.6) is 5.75 Å². The summed E-state index contributed by atoms with van der Waals surface area (Å²) in [5, 5.41) is 0. The van der Waals surface area contributed by atoms with Crippen LogP contribution in [-0.4, -0.2) is 28.1 Å². The molecule has 0 unspecified atom stereocenters. The number of nitrogens with two attached hydrogens (primary N) is 1. The normalized spacial score (nSPS) is 11.5. The summed E-state index contributed by atoms with van der Waals surface area (Å²) in [6.45, 7) is 3.45. The molecule has 0 bridgehead atoms. The van der Waals surface area contributed by atoms with E-state index in [1.165, 1.54) is 0 Å². The second-order valence-corrected chi connectivity index (χ2v) is 6.33. The van der Waals surface area contributed by atoms with Crippen LogP contribution < -0.4 is 15.2 Å². The fraction of sp³-hybridized carbons (Fsp3) is 0.571. The van der Waals surface area contributed by atoms with Gasteiger partial charge in [-0.2, -0.15) is 0 Å². The highest BCUT2D eigenvalue weighted by atomic mass is 32.2. The lowest BCUT2D eigenvalue weighted by molar-refractivity contribution is 0.328. The third-order valence-electron chi connectivity index (χ3n) is 2.84. The van der Waals surface area contributed by atoms with Crippen molar-refractivity contribution in [3.05, 3.63) is 24.3 Å². The van der Waals surface area contributed by atoms with Crippen LogP contribution in [0.15, 0.2) is 29.2 Å². The zero-order chi connectivity index (χ0) is 14.8. The first-order valence-corrected chi connectivity index (χ1v) is 8.51. The van der Waals surface area contributed by atoms with Gasteiger partial charge in [0.25, 0.3) is 0 Å². The van der Waals surface area contributed by atoms with Crippen LogP contribution in [0.4, 0.5) is 0 Å². The summed E-state index contributed by atoms with van der Waals surface area (Å²) in [5.74, 6) is 0.623. The van der Waals surface area contributed by atoms with Crippen LogP contribution in [0.25, 0.3) is 0 Å². The van der Waals surface area contributed by atoms with Gasteiger partial charge in [-0.25, -0.2) is 13.1 Å². The lowest BCUT2D eigenvalue weighted by Gasteiger charge is -2.08. The maximum atomic E-state index is 12.0. The van der Waals surface area contributed by atoms with Crippen molar-refractivity contribution < 1.29 is 13.2 Å². The first-order chi connectivity index (χ1) is 9.60. The van der Waals surface area contributed by atoms with Gasteiger partial charge in [0, 0.05) is 13.1 Å². The van der Waals surface area contributed by atoms with Crippen LogP contribution in [0.3, 0.4) is 0 Å². The monoisotopic (exact) mass is 300 g/mol. The van der Waals surface area contributed by atoms with Gasteiger partial charge in [0.15, 0.2) is 0 Å². The molecule has 0 saturated carbocycles. The Hall–Kier alpha value is -1.11. The van der Waals surface area contributed by atoms with E-state index >= 15 is 0 Å². The molecule has 5 nitrogen and oxygen atoms in total. The maximum Gasteiger partial charge on any atom is 0.240 e. The fourth-order valence-electron chi connectivity index (χ4n) is 1.73. The van der Waals surface area contributed by atoms with Gasteiger partial charge in [-0.1, -0.05) is 26.2 Å². The van der Waals surface area contributed by atoms with Crippen LogP contribution in [0, 0.1) is 0 Å². The van der Waals surface area contributed by atoms with Crippen molar-refractivity contribution in [3.8, 4) is 5.75 Å². The molecule has 1 rings (SSSR count). The molecule has 0 spiro atoms. The van der Waals surface area contributed by atoms with Gasteiger partial charge < -0.3 is 10.5 Å². The first-order valence-electron chi connectivity index (χ1n) is 7.02. The van der Waals surface area contributed by atoms with Crippen LogP contribution in [-0.2, 0) is 10.0 Å². The molecular formula is C14H24N2O3S. The smallest absolute Gasteiger partial charge is 0.240 e. The number of nitrogens with one attached hydrogen (secondary N) is 1. The van der Waals surface area contributed by atoms with Crippen molar-refractivity contribution in [1.82, 2.24) is 4.72 Å². The number of ether oxygens (including phenoxy) is 1. The molecule has 0 saturated heterocycles. The van der Waals surface area contributed by atoms with E-state index in [0.29, 0.717) is 25.4 Å². The zero-order valence-electron chi connectivity index (χ0n) is 12.0. The number of benzene rings is 1. The van der Waals surface area contributed by atoms with E-state index in [9.17, 15) is 8.42 Å². The predicted octanol–water partition coefficient (Wildman–Crippen LogP) is 1.88. The third kappa shape index (κ3) is 5.90. The molecule has 0 aromatic heterocycles. The van der Waals surface area contributed by atoms with Crippen LogP contribution >= 0.6 is 0 Å². The maximum absolute atomic E-state index is 12.0. The average molecular weight is 300 g/mol. The quantitative estimate of drug-likeness (QED) is 0.646. The van der Waals surface area contributed by atoms with Gasteiger partial charge in [-0.3, -0.25) is 0 Å².